The van der Waals surface area contributed by atoms with Crippen LogP contribution in [0.15, 0.2) is 18.2 Å². The summed E-state index contributed by atoms with van der Waals surface area (Å²) in [5.41, 5.74) is 0.250. The Bertz CT molecular complexity index is 544. The van der Waals surface area contributed by atoms with Crippen LogP contribution >= 0.6 is 11.6 Å². The molecule has 114 valence electrons. The van der Waals surface area contributed by atoms with Crippen LogP contribution in [0.5, 0.6) is 0 Å². The van der Waals surface area contributed by atoms with Crippen molar-refractivity contribution in [1.82, 2.24) is 4.90 Å². The van der Waals surface area contributed by atoms with E-state index in [4.69, 9.17) is 16.7 Å². The van der Waals surface area contributed by atoms with Gasteiger partial charge in [0.15, 0.2) is 0 Å². The lowest BCUT2D eigenvalue weighted by Gasteiger charge is -2.24. The van der Waals surface area contributed by atoms with Gasteiger partial charge in [-0.25, -0.2) is 4.39 Å². The molecule has 2 atom stereocenters. The first-order chi connectivity index (χ1) is 9.91. The predicted molar refractivity (Wildman–Crippen MR) is 76.4 cm³/mol. The molecule has 1 saturated carbocycles. The molecule has 1 aliphatic carbocycles. The lowest BCUT2D eigenvalue weighted by atomic mass is 9.94. The number of carboxylic acid groups (broad SMARTS) is 1. The number of benzene rings is 1. The Morgan fingerprint density at radius 3 is 2.67 bits per heavy atom. The smallest absolute Gasteiger partial charge is 0.307 e. The fourth-order valence-corrected chi connectivity index (χ4v) is 3.06. The maximum Gasteiger partial charge on any atom is 0.307 e. The molecule has 0 spiro atoms. The Hall–Kier alpha value is -1.62. The number of hydrogen-bond acceptors (Lipinski definition) is 2. The van der Waals surface area contributed by atoms with E-state index in [0.717, 1.165) is 6.42 Å². The van der Waals surface area contributed by atoms with E-state index in [1.165, 1.54) is 17.0 Å². The van der Waals surface area contributed by atoms with Gasteiger partial charge in [-0.1, -0.05) is 24.1 Å². The van der Waals surface area contributed by atoms with E-state index < -0.39 is 23.6 Å². The Morgan fingerprint density at radius 1 is 1.38 bits per heavy atom. The Morgan fingerprint density at radius 2 is 2.05 bits per heavy atom. The molecule has 21 heavy (non-hydrogen) atoms. The van der Waals surface area contributed by atoms with Crippen LogP contribution < -0.4 is 0 Å². The Kier molecular flexibility index (Phi) is 4.83. The summed E-state index contributed by atoms with van der Waals surface area (Å²) in [7, 11) is 1.54. The van der Waals surface area contributed by atoms with Crippen LogP contribution in [-0.2, 0) is 16.1 Å². The zero-order valence-electron chi connectivity index (χ0n) is 11.7. The minimum absolute atomic E-state index is 0.0349. The summed E-state index contributed by atoms with van der Waals surface area (Å²) >= 11 is 5.94. The molecule has 0 radical (unpaired) electrons. The van der Waals surface area contributed by atoms with Crippen LogP contribution in [0.1, 0.15) is 24.8 Å². The number of nitrogens with zero attached hydrogens (tertiary/aromatic N) is 1. The summed E-state index contributed by atoms with van der Waals surface area (Å²) < 4.78 is 13.7. The quantitative estimate of drug-likeness (QED) is 0.929. The van der Waals surface area contributed by atoms with E-state index in [1.807, 2.05) is 0 Å². The highest BCUT2D eigenvalue weighted by Gasteiger charge is 2.39. The van der Waals surface area contributed by atoms with Crippen LogP contribution in [0.2, 0.25) is 5.02 Å². The molecule has 2 rings (SSSR count). The molecule has 1 fully saturated rings. The summed E-state index contributed by atoms with van der Waals surface area (Å²) in [6.45, 7) is 0.0349. The SMILES string of the molecule is CN(Cc1c(F)cccc1Cl)C(=O)[C@@H]1CCC[C@@H]1C(=O)O. The van der Waals surface area contributed by atoms with Crippen molar-refractivity contribution >= 4 is 23.5 Å². The largest absolute Gasteiger partial charge is 0.481 e. The molecular formula is C15H17ClFNO3. The number of rotatable bonds is 4. The molecule has 0 saturated heterocycles. The van der Waals surface area contributed by atoms with Gasteiger partial charge >= 0.3 is 5.97 Å². The third-order valence-corrected chi connectivity index (χ3v) is 4.34. The zero-order valence-corrected chi connectivity index (χ0v) is 12.4. The van der Waals surface area contributed by atoms with Gasteiger partial charge in [0.2, 0.25) is 5.91 Å². The lowest BCUT2D eigenvalue weighted by Crippen LogP contribution is -2.36. The lowest BCUT2D eigenvalue weighted by molar-refractivity contribution is -0.148. The highest BCUT2D eigenvalue weighted by molar-refractivity contribution is 6.31. The van der Waals surface area contributed by atoms with Crippen molar-refractivity contribution in [2.75, 3.05) is 7.05 Å². The molecule has 0 heterocycles. The predicted octanol–water partition coefficient (Wildman–Crippen LogP) is 2.94. The molecule has 1 N–H and O–H groups in total. The summed E-state index contributed by atoms with van der Waals surface area (Å²) in [6, 6.07) is 4.35. The van der Waals surface area contributed by atoms with Gasteiger partial charge in [0.05, 0.1) is 11.8 Å². The highest BCUT2D eigenvalue weighted by Crippen LogP contribution is 2.33. The van der Waals surface area contributed by atoms with E-state index in [9.17, 15) is 14.0 Å². The normalized spacial score (nSPS) is 21.3. The molecule has 1 aliphatic rings. The second-order valence-electron chi connectivity index (χ2n) is 5.38. The maximum absolute atomic E-state index is 13.7. The van der Waals surface area contributed by atoms with Crippen molar-refractivity contribution < 1.29 is 19.1 Å². The first-order valence-corrected chi connectivity index (χ1v) is 7.20. The van der Waals surface area contributed by atoms with Crippen molar-refractivity contribution in [3.63, 3.8) is 0 Å². The van der Waals surface area contributed by atoms with E-state index in [-0.39, 0.29) is 23.0 Å². The fourth-order valence-electron chi connectivity index (χ4n) is 2.83. The second-order valence-corrected chi connectivity index (χ2v) is 5.78. The van der Waals surface area contributed by atoms with Crippen molar-refractivity contribution in [3.05, 3.63) is 34.6 Å². The van der Waals surface area contributed by atoms with Gasteiger partial charge < -0.3 is 10.0 Å². The van der Waals surface area contributed by atoms with Gasteiger partial charge in [-0.15, -0.1) is 0 Å². The molecule has 1 aromatic carbocycles. The molecule has 0 bridgehead atoms. The number of aliphatic carboxylic acids is 1. The number of carbonyl (C=O) groups excluding carboxylic acids is 1. The molecule has 1 aromatic rings. The van der Waals surface area contributed by atoms with Gasteiger partial charge in [-0.05, 0) is 25.0 Å². The zero-order chi connectivity index (χ0) is 15.6. The summed E-state index contributed by atoms with van der Waals surface area (Å²) in [5, 5.41) is 9.40. The molecule has 6 heteroatoms. The van der Waals surface area contributed by atoms with Crippen molar-refractivity contribution in [2.45, 2.75) is 25.8 Å². The van der Waals surface area contributed by atoms with E-state index in [2.05, 4.69) is 0 Å². The fraction of sp³-hybridized carbons (Fsp3) is 0.467. The van der Waals surface area contributed by atoms with Gasteiger partial charge in [-0.2, -0.15) is 0 Å². The molecule has 0 aliphatic heterocycles. The second kappa shape index (κ2) is 6.43. The molecule has 4 nitrogen and oxygen atoms in total. The van der Waals surface area contributed by atoms with E-state index in [1.54, 1.807) is 13.1 Å². The molecular weight excluding hydrogens is 297 g/mol. The van der Waals surface area contributed by atoms with Crippen LogP contribution in [-0.4, -0.2) is 28.9 Å². The monoisotopic (exact) mass is 313 g/mol. The van der Waals surface area contributed by atoms with Crippen LogP contribution in [0.4, 0.5) is 4.39 Å². The van der Waals surface area contributed by atoms with Gasteiger partial charge in [0.1, 0.15) is 5.82 Å². The van der Waals surface area contributed by atoms with E-state index in [0.29, 0.717) is 12.8 Å². The number of carbonyl (C=O) groups is 2. The third kappa shape index (κ3) is 3.35. The number of hydrogen-bond donors (Lipinski definition) is 1. The highest BCUT2D eigenvalue weighted by atomic mass is 35.5. The van der Waals surface area contributed by atoms with Gasteiger partial charge in [0, 0.05) is 24.2 Å². The topological polar surface area (TPSA) is 57.6 Å². The number of amides is 1. The van der Waals surface area contributed by atoms with Crippen molar-refractivity contribution in [2.24, 2.45) is 11.8 Å². The summed E-state index contributed by atoms with van der Waals surface area (Å²) in [5.74, 6) is -2.85. The van der Waals surface area contributed by atoms with Crippen molar-refractivity contribution in [3.8, 4) is 0 Å². The maximum atomic E-state index is 13.7. The minimum atomic E-state index is -0.942. The number of carboxylic acids is 1. The van der Waals surface area contributed by atoms with E-state index >= 15 is 0 Å². The Balaban J connectivity index is 2.11. The number of halogens is 2. The van der Waals surface area contributed by atoms with Gasteiger partial charge in [0.25, 0.3) is 0 Å². The standard InChI is InChI=1S/C15H17ClFNO3/c1-18(8-11-12(16)6-3-7-13(11)17)14(19)9-4-2-5-10(9)15(20)21/h3,6-7,9-10H,2,4-5,8H2,1H3,(H,20,21)/t9-,10+/m1/s1. The van der Waals surface area contributed by atoms with Gasteiger partial charge in [-0.3, -0.25) is 9.59 Å². The third-order valence-electron chi connectivity index (χ3n) is 3.98. The van der Waals surface area contributed by atoms with Crippen molar-refractivity contribution in [1.29, 1.82) is 0 Å². The van der Waals surface area contributed by atoms with Crippen LogP contribution in [0, 0.1) is 17.7 Å². The summed E-state index contributed by atoms with van der Waals surface area (Å²) in [6.07, 6.45) is 1.80. The minimum Gasteiger partial charge on any atom is -0.481 e. The van der Waals surface area contributed by atoms with Crippen LogP contribution in [0.3, 0.4) is 0 Å². The summed E-state index contributed by atoms with van der Waals surface area (Å²) in [4.78, 5) is 24.9. The molecule has 0 unspecified atom stereocenters. The average Bonchev–Trinajstić information content (AvgIpc) is 2.91. The average molecular weight is 314 g/mol. The molecule has 0 aromatic heterocycles. The first-order valence-electron chi connectivity index (χ1n) is 6.82. The Labute approximate surface area is 127 Å². The first kappa shape index (κ1) is 15.8. The molecule has 1 amide bonds. The van der Waals surface area contributed by atoms with Crippen LogP contribution in [0.25, 0.3) is 0 Å².